The molecular weight excluding hydrogens is 284 g/mol. The minimum atomic E-state index is -0.0958. The average molecular weight is 300 g/mol. The SMILES string of the molecule is CC(=O)Nc1ccc(OCc2ccc(C(N)=S)cc2)cc1. The van der Waals surface area contributed by atoms with Crippen molar-refractivity contribution in [3.05, 3.63) is 59.7 Å². The number of anilines is 1. The quantitative estimate of drug-likeness (QED) is 0.833. The number of hydrogen-bond acceptors (Lipinski definition) is 3. The van der Waals surface area contributed by atoms with Crippen LogP contribution in [0.25, 0.3) is 0 Å². The minimum Gasteiger partial charge on any atom is -0.489 e. The lowest BCUT2D eigenvalue weighted by molar-refractivity contribution is -0.114. The number of nitrogens with one attached hydrogen (secondary N) is 1. The molecule has 2 aromatic carbocycles. The highest BCUT2D eigenvalue weighted by molar-refractivity contribution is 7.80. The monoisotopic (exact) mass is 300 g/mol. The first-order valence-electron chi connectivity index (χ1n) is 6.44. The number of nitrogens with two attached hydrogens (primary N) is 1. The van der Waals surface area contributed by atoms with Crippen molar-refractivity contribution in [1.29, 1.82) is 0 Å². The van der Waals surface area contributed by atoms with Crippen LogP contribution in [0.3, 0.4) is 0 Å². The second-order valence-corrected chi connectivity index (χ2v) is 5.00. The molecule has 0 unspecified atom stereocenters. The summed E-state index contributed by atoms with van der Waals surface area (Å²) in [6.45, 7) is 1.93. The van der Waals surface area contributed by atoms with E-state index in [2.05, 4.69) is 5.32 Å². The van der Waals surface area contributed by atoms with Gasteiger partial charge in [0.25, 0.3) is 0 Å². The average Bonchev–Trinajstić information content (AvgIpc) is 2.46. The van der Waals surface area contributed by atoms with E-state index in [9.17, 15) is 4.79 Å². The summed E-state index contributed by atoms with van der Waals surface area (Å²) < 4.78 is 5.68. The van der Waals surface area contributed by atoms with Crippen molar-refractivity contribution in [2.24, 2.45) is 5.73 Å². The number of benzene rings is 2. The summed E-state index contributed by atoms with van der Waals surface area (Å²) in [5.74, 6) is 0.643. The fourth-order valence-corrected chi connectivity index (χ4v) is 1.91. The third-order valence-electron chi connectivity index (χ3n) is 2.82. The Bertz CT molecular complexity index is 636. The number of hydrogen-bond donors (Lipinski definition) is 2. The lowest BCUT2D eigenvalue weighted by Gasteiger charge is -2.08. The van der Waals surface area contributed by atoms with E-state index in [1.807, 2.05) is 36.4 Å². The molecule has 2 rings (SSSR count). The molecule has 0 radical (unpaired) electrons. The molecule has 4 nitrogen and oxygen atoms in total. The van der Waals surface area contributed by atoms with E-state index in [0.29, 0.717) is 11.6 Å². The largest absolute Gasteiger partial charge is 0.489 e. The molecular formula is C16H16N2O2S. The molecule has 0 aliphatic carbocycles. The van der Waals surface area contributed by atoms with Crippen LogP contribution in [0.2, 0.25) is 0 Å². The normalized spacial score (nSPS) is 9.95. The van der Waals surface area contributed by atoms with Crippen LogP contribution in [0.15, 0.2) is 48.5 Å². The second-order valence-electron chi connectivity index (χ2n) is 4.56. The summed E-state index contributed by atoms with van der Waals surface area (Å²) in [7, 11) is 0. The first-order chi connectivity index (χ1) is 10.0. The van der Waals surface area contributed by atoms with Crippen molar-refractivity contribution < 1.29 is 9.53 Å². The molecule has 0 fully saturated rings. The fourth-order valence-electron chi connectivity index (χ4n) is 1.77. The summed E-state index contributed by atoms with van der Waals surface area (Å²) >= 11 is 4.91. The zero-order chi connectivity index (χ0) is 15.2. The lowest BCUT2D eigenvalue weighted by Crippen LogP contribution is -2.09. The van der Waals surface area contributed by atoms with E-state index in [4.69, 9.17) is 22.7 Å². The number of carbonyl (C=O) groups is 1. The molecule has 1 amide bonds. The van der Waals surface area contributed by atoms with Crippen molar-refractivity contribution in [3.8, 4) is 5.75 Å². The van der Waals surface area contributed by atoms with Gasteiger partial charge in [-0.1, -0.05) is 36.5 Å². The van der Waals surface area contributed by atoms with Crippen molar-refractivity contribution >= 4 is 28.8 Å². The Hall–Kier alpha value is -2.40. The predicted octanol–water partition coefficient (Wildman–Crippen LogP) is 2.86. The van der Waals surface area contributed by atoms with Gasteiger partial charge in [0, 0.05) is 18.2 Å². The van der Waals surface area contributed by atoms with Gasteiger partial charge < -0.3 is 15.8 Å². The summed E-state index contributed by atoms with van der Waals surface area (Å²) in [6.07, 6.45) is 0. The highest BCUT2D eigenvalue weighted by Crippen LogP contribution is 2.17. The molecule has 21 heavy (non-hydrogen) atoms. The van der Waals surface area contributed by atoms with Gasteiger partial charge in [0.05, 0.1) is 0 Å². The Morgan fingerprint density at radius 1 is 1.14 bits per heavy atom. The van der Waals surface area contributed by atoms with Crippen LogP contribution in [0.1, 0.15) is 18.1 Å². The fraction of sp³-hybridized carbons (Fsp3) is 0.125. The molecule has 0 heterocycles. The van der Waals surface area contributed by atoms with Gasteiger partial charge in [-0.05, 0) is 29.8 Å². The maximum atomic E-state index is 10.9. The number of carbonyl (C=O) groups excluding carboxylic acids is 1. The maximum absolute atomic E-state index is 10.9. The predicted molar refractivity (Wildman–Crippen MR) is 87.4 cm³/mol. The number of ether oxygens (including phenoxy) is 1. The van der Waals surface area contributed by atoms with Crippen molar-refractivity contribution in [1.82, 2.24) is 0 Å². The van der Waals surface area contributed by atoms with Crippen LogP contribution < -0.4 is 15.8 Å². The first kappa shape index (κ1) is 15.0. The molecule has 0 spiro atoms. The Morgan fingerprint density at radius 2 is 1.76 bits per heavy atom. The van der Waals surface area contributed by atoms with E-state index in [-0.39, 0.29) is 5.91 Å². The maximum Gasteiger partial charge on any atom is 0.221 e. The zero-order valence-electron chi connectivity index (χ0n) is 11.6. The Labute approximate surface area is 128 Å². The van der Waals surface area contributed by atoms with Gasteiger partial charge in [-0.3, -0.25) is 4.79 Å². The summed E-state index contributed by atoms with van der Waals surface area (Å²) in [5, 5.41) is 2.70. The van der Waals surface area contributed by atoms with Crippen LogP contribution in [-0.2, 0) is 11.4 Å². The van der Waals surface area contributed by atoms with Gasteiger partial charge in [0.2, 0.25) is 5.91 Å². The molecule has 0 saturated heterocycles. The van der Waals surface area contributed by atoms with E-state index >= 15 is 0 Å². The van der Waals surface area contributed by atoms with E-state index in [0.717, 1.165) is 22.6 Å². The zero-order valence-corrected chi connectivity index (χ0v) is 12.4. The Balaban J connectivity index is 1.93. The standard InChI is InChI=1S/C16H16N2O2S/c1-11(19)18-14-6-8-15(9-7-14)20-10-12-2-4-13(5-3-12)16(17)21/h2-9H,10H2,1H3,(H2,17,21)(H,18,19). The van der Waals surface area contributed by atoms with Crippen LogP contribution in [-0.4, -0.2) is 10.9 Å². The molecule has 0 aliphatic rings. The summed E-state index contributed by atoms with van der Waals surface area (Å²) in [5.41, 5.74) is 8.16. The van der Waals surface area contributed by atoms with Gasteiger partial charge in [0.15, 0.2) is 0 Å². The first-order valence-corrected chi connectivity index (χ1v) is 6.84. The van der Waals surface area contributed by atoms with Crippen LogP contribution >= 0.6 is 12.2 Å². The van der Waals surface area contributed by atoms with Crippen LogP contribution in [0, 0.1) is 0 Å². The van der Waals surface area contributed by atoms with Gasteiger partial charge in [0.1, 0.15) is 17.3 Å². The highest BCUT2D eigenvalue weighted by Gasteiger charge is 2.00. The Morgan fingerprint density at radius 3 is 2.29 bits per heavy atom. The molecule has 5 heteroatoms. The van der Waals surface area contributed by atoms with E-state index < -0.39 is 0 Å². The topological polar surface area (TPSA) is 64.3 Å². The number of thiocarbonyl (C=S) groups is 1. The van der Waals surface area contributed by atoms with E-state index in [1.165, 1.54) is 6.92 Å². The van der Waals surface area contributed by atoms with Gasteiger partial charge in [-0.15, -0.1) is 0 Å². The van der Waals surface area contributed by atoms with Crippen molar-refractivity contribution in [3.63, 3.8) is 0 Å². The highest BCUT2D eigenvalue weighted by atomic mass is 32.1. The Kier molecular flexibility index (Phi) is 4.90. The van der Waals surface area contributed by atoms with Gasteiger partial charge >= 0.3 is 0 Å². The van der Waals surface area contributed by atoms with E-state index in [1.54, 1.807) is 12.1 Å². The second kappa shape index (κ2) is 6.85. The van der Waals surface area contributed by atoms with Crippen LogP contribution in [0.4, 0.5) is 5.69 Å². The third kappa shape index (κ3) is 4.57. The number of rotatable bonds is 5. The third-order valence-corrected chi connectivity index (χ3v) is 3.05. The molecule has 0 saturated carbocycles. The molecule has 0 aliphatic heterocycles. The van der Waals surface area contributed by atoms with Gasteiger partial charge in [-0.25, -0.2) is 0 Å². The summed E-state index contributed by atoms with van der Waals surface area (Å²) in [6, 6.07) is 14.8. The minimum absolute atomic E-state index is 0.0958. The lowest BCUT2D eigenvalue weighted by atomic mass is 10.1. The van der Waals surface area contributed by atoms with Gasteiger partial charge in [-0.2, -0.15) is 0 Å². The molecule has 108 valence electrons. The summed E-state index contributed by atoms with van der Waals surface area (Å²) in [4.78, 5) is 11.3. The molecule has 0 aromatic heterocycles. The number of amides is 1. The molecule has 0 atom stereocenters. The molecule has 3 N–H and O–H groups in total. The van der Waals surface area contributed by atoms with Crippen LogP contribution in [0.5, 0.6) is 5.75 Å². The smallest absolute Gasteiger partial charge is 0.221 e. The molecule has 2 aromatic rings. The van der Waals surface area contributed by atoms with Crippen molar-refractivity contribution in [2.45, 2.75) is 13.5 Å². The van der Waals surface area contributed by atoms with Crippen molar-refractivity contribution in [2.75, 3.05) is 5.32 Å². The molecule has 0 bridgehead atoms.